The van der Waals surface area contributed by atoms with E-state index in [-0.39, 0.29) is 5.69 Å². The summed E-state index contributed by atoms with van der Waals surface area (Å²) in [6, 6.07) is 7.53. The summed E-state index contributed by atoms with van der Waals surface area (Å²) in [6.45, 7) is 4.26. The molecule has 0 fully saturated rings. The third-order valence-corrected chi connectivity index (χ3v) is 3.17. The Bertz CT molecular complexity index is 839. The van der Waals surface area contributed by atoms with Crippen LogP contribution < -0.4 is 10.5 Å². The molecule has 0 unspecified atom stereocenters. The van der Waals surface area contributed by atoms with Crippen LogP contribution in [0.4, 0.5) is 0 Å². The van der Waals surface area contributed by atoms with E-state index in [0.29, 0.717) is 23.6 Å². The van der Waals surface area contributed by atoms with Gasteiger partial charge in [0.25, 0.3) is 5.91 Å². The maximum Gasteiger partial charge on any atom is 0.269 e. The van der Waals surface area contributed by atoms with E-state index < -0.39 is 5.91 Å². The molecule has 0 bridgehead atoms. The van der Waals surface area contributed by atoms with Crippen molar-refractivity contribution in [2.24, 2.45) is 5.73 Å². The monoisotopic (exact) mass is 297 g/mol. The lowest BCUT2D eigenvalue weighted by molar-refractivity contribution is 0.0997. The number of aryl methyl sites for hydroxylation is 1. The molecule has 1 aromatic carbocycles. The third kappa shape index (κ3) is 2.37. The molecule has 7 nitrogen and oxygen atoms in total. The second-order valence-electron chi connectivity index (χ2n) is 4.70. The molecule has 3 rings (SSSR count). The quantitative estimate of drug-likeness (QED) is 0.789. The van der Waals surface area contributed by atoms with Crippen LogP contribution in [0.15, 0.2) is 30.6 Å². The molecular formula is C15H15N5O2. The van der Waals surface area contributed by atoms with Crippen LogP contribution in [-0.4, -0.2) is 32.0 Å². The molecule has 1 amide bonds. The Balaban J connectivity index is 2.13. The standard InChI is InChI=1S/C15H15N5O2/c1-3-22-11-6-4-10(5-7-11)20-8-17-13-12(14(16)21)18-9(2)19-15(13)20/h4-8H,3H2,1-2H3,(H2,16,21). The number of hydrogen-bond donors (Lipinski definition) is 1. The zero-order valence-electron chi connectivity index (χ0n) is 12.3. The Morgan fingerprint density at radius 3 is 2.64 bits per heavy atom. The molecule has 0 saturated carbocycles. The Labute approximate surface area is 126 Å². The first-order valence-corrected chi connectivity index (χ1v) is 6.85. The van der Waals surface area contributed by atoms with Crippen LogP contribution in [-0.2, 0) is 0 Å². The van der Waals surface area contributed by atoms with Crippen LogP contribution >= 0.6 is 0 Å². The summed E-state index contributed by atoms with van der Waals surface area (Å²) >= 11 is 0. The average molecular weight is 297 g/mol. The zero-order valence-corrected chi connectivity index (χ0v) is 12.3. The van der Waals surface area contributed by atoms with Crippen molar-refractivity contribution >= 4 is 17.1 Å². The number of amides is 1. The fourth-order valence-corrected chi connectivity index (χ4v) is 2.24. The molecule has 0 aliphatic rings. The van der Waals surface area contributed by atoms with E-state index in [2.05, 4.69) is 15.0 Å². The van der Waals surface area contributed by atoms with Crippen molar-refractivity contribution in [3.63, 3.8) is 0 Å². The largest absolute Gasteiger partial charge is 0.494 e. The zero-order chi connectivity index (χ0) is 15.7. The van der Waals surface area contributed by atoms with Gasteiger partial charge in [0.1, 0.15) is 23.4 Å². The minimum absolute atomic E-state index is 0.132. The van der Waals surface area contributed by atoms with Gasteiger partial charge in [0.15, 0.2) is 11.3 Å². The molecule has 0 atom stereocenters. The van der Waals surface area contributed by atoms with Crippen LogP contribution in [0.5, 0.6) is 5.75 Å². The van der Waals surface area contributed by atoms with E-state index in [1.165, 1.54) is 0 Å². The molecule has 2 N–H and O–H groups in total. The van der Waals surface area contributed by atoms with E-state index in [4.69, 9.17) is 10.5 Å². The number of primary amides is 1. The van der Waals surface area contributed by atoms with Gasteiger partial charge in [-0.15, -0.1) is 0 Å². The minimum Gasteiger partial charge on any atom is -0.494 e. The first-order chi connectivity index (χ1) is 10.6. The Morgan fingerprint density at radius 2 is 2.00 bits per heavy atom. The van der Waals surface area contributed by atoms with Gasteiger partial charge >= 0.3 is 0 Å². The molecule has 22 heavy (non-hydrogen) atoms. The summed E-state index contributed by atoms with van der Waals surface area (Å²) in [5, 5.41) is 0. The average Bonchev–Trinajstić information content (AvgIpc) is 2.91. The highest BCUT2D eigenvalue weighted by Crippen LogP contribution is 2.21. The van der Waals surface area contributed by atoms with Crippen LogP contribution in [0.2, 0.25) is 0 Å². The highest BCUT2D eigenvalue weighted by molar-refractivity contribution is 6.01. The summed E-state index contributed by atoms with van der Waals surface area (Å²) in [6.07, 6.45) is 1.60. The number of imidazole rings is 1. The van der Waals surface area contributed by atoms with Gasteiger partial charge in [-0.25, -0.2) is 15.0 Å². The number of carbonyl (C=O) groups is 1. The fourth-order valence-electron chi connectivity index (χ4n) is 2.24. The topological polar surface area (TPSA) is 95.9 Å². The van der Waals surface area contributed by atoms with Crippen LogP contribution in [0, 0.1) is 6.92 Å². The van der Waals surface area contributed by atoms with Crippen molar-refractivity contribution in [1.29, 1.82) is 0 Å². The normalized spacial score (nSPS) is 10.8. The third-order valence-electron chi connectivity index (χ3n) is 3.17. The second-order valence-corrected chi connectivity index (χ2v) is 4.70. The number of aromatic nitrogens is 4. The number of rotatable bonds is 4. The smallest absolute Gasteiger partial charge is 0.269 e. The fraction of sp³-hybridized carbons (Fsp3) is 0.200. The van der Waals surface area contributed by atoms with Gasteiger partial charge in [0.05, 0.1) is 6.61 Å². The first kappa shape index (κ1) is 14.0. The number of nitrogens with two attached hydrogens (primary N) is 1. The van der Waals surface area contributed by atoms with E-state index in [1.807, 2.05) is 31.2 Å². The molecule has 7 heteroatoms. The predicted octanol–water partition coefficient (Wildman–Crippen LogP) is 1.62. The Hall–Kier alpha value is -2.96. The number of hydrogen-bond acceptors (Lipinski definition) is 5. The van der Waals surface area contributed by atoms with Gasteiger partial charge in [0, 0.05) is 5.69 Å². The molecular weight excluding hydrogens is 282 g/mol. The maximum absolute atomic E-state index is 11.5. The van der Waals surface area contributed by atoms with Crippen molar-refractivity contribution in [1.82, 2.24) is 19.5 Å². The van der Waals surface area contributed by atoms with Crippen molar-refractivity contribution in [3.8, 4) is 11.4 Å². The predicted molar refractivity (Wildman–Crippen MR) is 81.1 cm³/mol. The van der Waals surface area contributed by atoms with Gasteiger partial charge in [-0.3, -0.25) is 9.36 Å². The van der Waals surface area contributed by atoms with Gasteiger partial charge in [-0.2, -0.15) is 0 Å². The van der Waals surface area contributed by atoms with Crippen molar-refractivity contribution in [3.05, 3.63) is 42.1 Å². The van der Waals surface area contributed by atoms with Gasteiger partial charge in [-0.05, 0) is 38.1 Å². The molecule has 2 heterocycles. The maximum atomic E-state index is 11.5. The Morgan fingerprint density at radius 1 is 1.27 bits per heavy atom. The molecule has 0 aliphatic heterocycles. The molecule has 0 spiro atoms. The van der Waals surface area contributed by atoms with Crippen molar-refractivity contribution in [2.45, 2.75) is 13.8 Å². The number of ether oxygens (including phenoxy) is 1. The molecule has 0 radical (unpaired) electrons. The summed E-state index contributed by atoms with van der Waals surface area (Å²) in [5.74, 6) is 0.640. The number of benzene rings is 1. The van der Waals surface area contributed by atoms with E-state index in [9.17, 15) is 4.79 Å². The highest BCUT2D eigenvalue weighted by atomic mass is 16.5. The van der Waals surface area contributed by atoms with Gasteiger partial charge < -0.3 is 10.5 Å². The summed E-state index contributed by atoms with van der Waals surface area (Å²) in [7, 11) is 0. The lowest BCUT2D eigenvalue weighted by atomic mass is 10.3. The van der Waals surface area contributed by atoms with Crippen molar-refractivity contribution in [2.75, 3.05) is 6.61 Å². The molecule has 3 aromatic rings. The minimum atomic E-state index is -0.618. The van der Waals surface area contributed by atoms with Crippen LogP contribution in [0.25, 0.3) is 16.9 Å². The van der Waals surface area contributed by atoms with Crippen LogP contribution in [0.3, 0.4) is 0 Å². The molecule has 2 aromatic heterocycles. The number of fused-ring (bicyclic) bond motifs is 1. The SMILES string of the molecule is CCOc1ccc(-n2cnc3c(C(N)=O)nc(C)nc32)cc1. The Kier molecular flexibility index (Phi) is 3.46. The number of nitrogens with zero attached hydrogens (tertiary/aromatic N) is 4. The van der Waals surface area contributed by atoms with Gasteiger partial charge in [0.2, 0.25) is 0 Å². The summed E-state index contributed by atoms with van der Waals surface area (Å²) in [5.41, 5.74) is 7.29. The van der Waals surface area contributed by atoms with E-state index >= 15 is 0 Å². The lowest BCUT2D eigenvalue weighted by Gasteiger charge is -2.07. The van der Waals surface area contributed by atoms with Crippen LogP contribution in [0.1, 0.15) is 23.2 Å². The van der Waals surface area contributed by atoms with Crippen molar-refractivity contribution < 1.29 is 9.53 Å². The molecule has 0 saturated heterocycles. The number of carbonyl (C=O) groups excluding carboxylic acids is 1. The second kappa shape index (κ2) is 5.44. The lowest BCUT2D eigenvalue weighted by Crippen LogP contribution is -2.15. The molecule has 0 aliphatic carbocycles. The first-order valence-electron chi connectivity index (χ1n) is 6.85. The summed E-state index contributed by atoms with van der Waals surface area (Å²) in [4.78, 5) is 24.1. The van der Waals surface area contributed by atoms with Gasteiger partial charge in [-0.1, -0.05) is 0 Å². The van der Waals surface area contributed by atoms with E-state index in [1.54, 1.807) is 17.8 Å². The highest BCUT2D eigenvalue weighted by Gasteiger charge is 2.16. The summed E-state index contributed by atoms with van der Waals surface area (Å²) < 4.78 is 7.21. The molecule has 112 valence electrons. The van der Waals surface area contributed by atoms with E-state index in [0.717, 1.165) is 11.4 Å².